The van der Waals surface area contributed by atoms with Crippen molar-refractivity contribution in [1.29, 1.82) is 0 Å². The summed E-state index contributed by atoms with van der Waals surface area (Å²) in [6.45, 7) is 0.341. The molecule has 0 atom stereocenters. The first-order valence-electron chi connectivity index (χ1n) is 11.9. The molecule has 1 amide bonds. The molecule has 2 heterocycles. The third-order valence-electron chi connectivity index (χ3n) is 7.88. The van der Waals surface area contributed by atoms with E-state index in [9.17, 15) is 14.9 Å². The number of nitro groups is 1. The highest BCUT2D eigenvalue weighted by Crippen LogP contribution is 2.58. The Kier molecular flexibility index (Phi) is 5.77. The van der Waals surface area contributed by atoms with Crippen LogP contribution in [0.2, 0.25) is 15.1 Å². The lowest BCUT2D eigenvalue weighted by Crippen LogP contribution is -2.52. The maximum atomic E-state index is 13.2. The van der Waals surface area contributed by atoms with Crippen molar-refractivity contribution >= 4 is 52.2 Å². The summed E-state index contributed by atoms with van der Waals surface area (Å²) in [4.78, 5) is 24.4. The van der Waals surface area contributed by atoms with Gasteiger partial charge in [0.05, 0.1) is 27.1 Å². The number of halogens is 3. The fourth-order valence-electron chi connectivity index (χ4n) is 6.80. The molecule has 0 saturated heterocycles. The minimum Gasteiger partial charge on any atom is -0.302 e. The first-order chi connectivity index (χ1) is 17.2. The molecule has 188 valence electrons. The van der Waals surface area contributed by atoms with Gasteiger partial charge in [-0.25, -0.2) is 0 Å². The Bertz CT molecular complexity index is 1350. The lowest BCUT2D eigenvalue weighted by molar-refractivity contribution is -0.385. The summed E-state index contributed by atoms with van der Waals surface area (Å²) < 4.78 is 3.26. The summed E-state index contributed by atoms with van der Waals surface area (Å²) in [5.74, 6) is 1.28. The van der Waals surface area contributed by atoms with Gasteiger partial charge in [-0.1, -0.05) is 40.9 Å². The zero-order valence-corrected chi connectivity index (χ0v) is 21.4. The van der Waals surface area contributed by atoms with Crippen LogP contribution in [-0.4, -0.2) is 30.4 Å². The molecule has 1 N–H and O–H groups in total. The van der Waals surface area contributed by atoms with Crippen LogP contribution in [0.15, 0.2) is 30.6 Å². The Labute approximate surface area is 221 Å². The van der Waals surface area contributed by atoms with Crippen LogP contribution in [0.1, 0.15) is 54.6 Å². The van der Waals surface area contributed by atoms with Crippen LogP contribution in [0.25, 0.3) is 0 Å². The van der Waals surface area contributed by atoms with Gasteiger partial charge in [0.1, 0.15) is 11.2 Å². The predicted molar refractivity (Wildman–Crippen MR) is 136 cm³/mol. The van der Waals surface area contributed by atoms with E-state index in [0.717, 1.165) is 24.8 Å². The maximum absolute atomic E-state index is 13.2. The van der Waals surface area contributed by atoms with E-state index in [1.807, 2.05) is 6.07 Å². The zero-order chi connectivity index (χ0) is 25.2. The first kappa shape index (κ1) is 23.8. The van der Waals surface area contributed by atoms with Gasteiger partial charge in [0.2, 0.25) is 5.69 Å². The average Bonchev–Trinajstić information content (AvgIpc) is 3.40. The Hall–Kier alpha value is -2.62. The van der Waals surface area contributed by atoms with Crippen molar-refractivity contribution < 1.29 is 9.72 Å². The van der Waals surface area contributed by atoms with Crippen molar-refractivity contribution in [3.05, 3.63) is 67.0 Å². The normalized spacial score (nSPS) is 26.4. The van der Waals surface area contributed by atoms with E-state index in [1.54, 1.807) is 27.7 Å². The zero-order valence-electron chi connectivity index (χ0n) is 19.2. The molecule has 4 saturated carbocycles. The van der Waals surface area contributed by atoms with Gasteiger partial charge in [-0.05, 0) is 74.0 Å². The number of benzene rings is 1. The van der Waals surface area contributed by atoms with E-state index in [-0.39, 0.29) is 27.8 Å². The summed E-state index contributed by atoms with van der Waals surface area (Å²) >= 11 is 18.4. The Morgan fingerprint density at radius 2 is 1.69 bits per heavy atom. The van der Waals surface area contributed by atoms with Crippen molar-refractivity contribution in [2.75, 3.05) is 5.32 Å². The lowest BCUT2D eigenvalue weighted by Gasteiger charge is -2.56. The van der Waals surface area contributed by atoms with Crippen LogP contribution in [0.4, 0.5) is 11.5 Å². The average molecular weight is 550 g/mol. The smallest absolute Gasteiger partial charge is 0.302 e. The van der Waals surface area contributed by atoms with Crippen LogP contribution < -0.4 is 5.32 Å². The second-order valence-electron chi connectivity index (χ2n) is 10.4. The molecule has 0 aliphatic heterocycles. The molecule has 0 unspecified atom stereocenters. The minimum atomic E-state index is -0.716. The molecule has 0 radical (unpaired) electrons. The number of nitrogens with one attached hydrogen (secondary N) is 1. The molecular weight excluding hydrogens is 527 g/mol. The molecule has 2 aromatic heterocycles. The fraction of sp³-hybridized carbons (Fsp3) is 0.458. The van der Waals surface area contributed by atoms with Crippen LogP contribution >= 0.6 is 34.8 Å². The van der Waals surface area contributed by atoms with Crippen LogP contribution in [0.3, 0.4) is 0 Å². The largest absolute Gasteiger partial charge is 0.320 e. The molecule has 4 fully saturated rings. The molecule has 36 heavy (non-hydrogen) atoms. The van der Waals surface area contributed by atoms with Crippen molar-refractivity contribution in [2.45, 2.75) is 50.6 Å². The van der Waals surface area contributed by atoms with E-state index in [4.69, 9.17) is 34.8 Å². The number of carbonyl (C=O) groups excluding carboxylic acids is 1. The Balaban J connectivity index is 1.25. The molecule has 7 rings (SSSR count). The van der Waals surface area contributed by atoms with Gasteiger partial charge in [0.25, 0.3) is 5.91 Å². The summed E-state index contributed by atoms with van der Waals surface area (Å²) in [5, 5.41) is 24.4. The van der Waals surface area contributed by atoms with E-state index in [2.05, 4.69) is 15.5 Å². The minimum absolute atomic E-state index is 0.0976. The van der Waals surface area contributed by atoms with Gasteiger partial charge in [0.15, 0.2) is 5.82 Å². The Morgan fingerprint density at radius 3 is 2.31 bits per heavy atom. The lowest BCUT2D eigenvalue weighted by atomic mass is 9.53. The molecule has 0 spiro atoms. The van der Waals surface area contributed by atoms with Gasteiger partial charge in [-0.2, -0.15) is 10.2 Å². The van der Waals surface area contributed by atoms with Crippen LogP contribution in [0, 0.1) is 27.9 Å². The van der Waals surface area contributed by atoms with Gasteiger partial charge < -0.3 is 5.32 Å². The molecule has 4 aliphatic carbocycles. The highest BCUT2D eigenvalue weighted by molar-refractivity contribution is 6.42. The van der Waals surface area contributed by atoms with E-state index < -0.39 is 10.8 Å². The number of nitrogens with zero attached hydrogens (tertiary/aromatic N) is 5. The molecule has 4 bridgehead atoms. The Morgan fingerprint density at radius 1 is 1.03 bits per heavy atom. The second-order valence-corrected chi connectivity index (χ2v) is 11.7. The second kappa shape index (κ2) is 8.75. The third kappa shape index (κ3) is 4.17. The first-order valence-corrected chi connectivity index (χ1v) is 13.1. The molecule has 4 aliphatic rings. The van der Waals surface area contributed by atoms with Crippen LogP contribution in [0.5, 0.6) is 0 Å². The molecule has 1 aromatic carbocycles. The van der Waals surface area contributed by atoms with E-state index in [0.29, 0.717) is 34.3 Å². The quantitative estimate of drug-likeness (QED) is 0.292. The number of aromatic nitrogens is 4. The van der Waals surface area contributed by atoms with Gasteiger partial charge in [0, 0.05) is 6.20 Å². The third-order valence-corrected chi connectivity index (χ3v) is 8.89. The number of hydrogen-bond acceptors (Lipinski definition) is 5. The highest BCUT2D eigenvalue weighted by atomic mass is 35.5. The molecular formula is C24H23Cl3N6O3. The van der Waals surface area contributed by atoms with Gasteiger partial charge in [-0.15, -0.1) is 0 Å². The summed E-state index contributed by atoms with van der Waals surface area (Å²) in [6.07, 6.45) is 9.59. The summed E-state index contributed by atoms with van der Waals surface area (Å²) in [7, 11) is 0. The van der Waals surface area contributed by atoms with Crippen molar-refractivity contribution in [2.24, 2.45) is 17.8 Å². The van der Waals surface area contributed by atoms with E-state index >= 15 is 0 Å². The van der Waals surface area contributed by atoms with Gasteiger partial charge in [-0.3, -0.25) is 24.3 Å². The maximum Gasteiger partial charge on any atom is 0.320 e. The monoisotopic (exact) mass is 548 g/mol. The molecule has 12 heteroatoms. The summed E-state index contributed by atoms with van der Waals surface area (Å²) in [6, 6.07) is 5.22. The number of carbonyl (C=O) groups is 1. The SMILES string of the molecule is O=C(Nc1nn(Cc2ccc(Cl)c(Cl)c2)cc1Cl)c1nn(C23CC4CC(CC(C4)C2)C3)cc1[N+](=O)[O-]. The fourth-order valence-corrected chi connectivity index (χ4v) is 7.32. The number of rotatable bonds is 6. The van der Waals surface area contributed by atoms with Crippen molar-refractivity contribution in [3.63, 3.8) is 0 Å². The predicted octanol–water partition coefficient (Wildman–Crippen LogP) is 6.17. The van der Waals surface area contributed by atoms with Crippen LogP contribution in [-0.2, 0) is 12.1 Å². The van der Waals surface area contributed by atoms with Crippen molar-refractivity contribution in [3.8, 4) is 0 Å². The number of hydrogen-bond donors (Lipinski definition) is 1. The topological polar surface area (TPSA) is 108 Å². The number of anilines is 1. The summed E-state index contributed by atoms with van der Waals surface area (Å²) in [5.41, 5.74) is 0.0590. The standard InChI is InChI=1S/C24H23Cl3N6O3/c25-17-2-1-13(6-18(17)26)10-31-11-19(27)22(30-31)28-23(34)21-20(33(35)36)12-32(29-21)24-7-14-3-15(8-24)5-16(4-14)9-24/h1-2,6,11-12,14-16H,3-5,7-10H2,(H,28,30,34). The van der Waals surface area contributed by atoms with Gasteiger partial charge >= 0.3 is 5.69 Å². The molecule has 3 aromatic rings. The van der Waals surface area contributed by atoms with Crippen molar-refractivity contribution in [1.82, 2.24) is 19.6 Å². The highest BCUT2D eigenvalue weighted by Gasteiger charge is 2.53. The molecule has 9 nitrogen and oxygen atoms in total. The van der Waals surface area contributed by atoms with E-state index in [1.165, 1.54) is 25.5 Å². The number of amides is 1.